The summed E-state index contributed by atoms with van der Waals surface area (Å²) in [7, 11) is 0. The quantitative estimate of drug-likeness (QED) is 0.834. The number of rotatable bonds is 2. The van der Waals surface area contributed by atoms with E-state index < -0.39 is 11.8 Å². The van der Waals surface area contributed by atoms with Crippen molar-refractivity contribution in [3.05, 3.63) is 47.9 Å². The van der Waals surface area contributed by atoms with Crippen molar-refractivity contribution < 1.29 is 19.4 Å². The van der Waals surface area contributed by atoms with Gasteiger partial charge in [-0.15, -0.1) is 0 Å². The van der Waals surface area contributed by atoms with Crippen molar-refractivity contribution in [2.45, 2.75) is 0 Å². The average Bonchev–Trinajstić information content (AvgIpc) is 2.29. The lowest BCUT2D eigenvalue weighted by Gasteiger charge is -2.03. The minimum atomic E-state index is -1.20. The zero-order valence-electron chi connectivity index (χ0n) is 8.59. The lowest BCUT2D eigenvalue weighted by atomic mass is 10.1. The number of aromatic carboxylic acids is 1. The summed E-state index contributed by atoms with van der Waals surface area (Å²) in [5, 5.41) is 17.9. The summed E-state index contributed by atoms with van der Waals surface area (Å²) in [6, 6.07) is 6.33. The number of carboxylic acid groups (broad SMARTS) is 1. The van der Waals surface area contributed by atoms with Crippen LogP contribution in [0.15, 0.2) is 36.5 Å². The first kappa shape index (κ1) is 11.1. The number of hydrogen-bond acceptors (Lipinski definition) is 3. The van der Waals surface area contributed by atoms with Gasteiger partial charge in [-0.3, -0.25) is 4.98 Å². The predicted molar refractivity (Wildman–Crippen MR) is 58.3 cm³/mol. The highest BCUT2D eigenvalue weighted by Crippen LogP contribution is 2.21. The average molecular weight is 233 g/mol. The molecule has 0 aliphatic carbocycles. The molecule has 17 heavy (non-hydrogen) atoms. The largest absolute Gasteiger partial charge is 0.506 e. The van der Waals surface area contributed by atoms with Crippen LogP contribution in [-0.4, -0.2) is 21.2 Å². The Morgan fingerprint density at radius 1 is 1.24 bits per heavy atom. The highest BCUT2D eigenvalue weighted by atomic mass is 19.1. The van der Waals surface area contributed by atoms with E-state index in [1.165, 1.54) is 30.5 Å². The number of benzene rings is 1. The fraction of sp³-hybridized carbons (Fsp3) is 0. The number of hydrogen-bond donors (Lipinski definition) is 2. The van der Waals surface area contributed by atoms with Crippen LogP contribution in [0.3, 0.4) is 0 Å². The molecule has 5 heteroatoms. The molecule has 0 radical (unpaired) electrons. The van der Waals surface area contributed by atoms with Gasteiger partial charge >= 0.3 is 5.97 Å². The first-order chi connectivity index (χ1) is 8.06. The zero-order valence-corrected chi connectivity index (χ0v) is 8.59. The van der Waals surface area contributed by atoms with Gasteiger partial charge in [0.05, 0.1) is 17.5 Å². The number of aromatic hydroxyl groups is 1. The van der Waals surface area contributed by atoms with Gasteiger partial charge in [-0.2, -0.15) is 0 Å². The molecule has 0 saturated heterocycles. The molecule has 86 valence electrons. The molecule has 0 fully saturated rings. The van der Waals surface area contributed by atoms with Crippen molar-refractivity contribution in [3.63, 3.8) is 0 Å². The van der Waals surface area contributed by atoms with Gasteiger partial charge in [0.25, 0.3) is 0 Å². The minimum Gasteiger partial charge on any atom is -0.506 e. The number of halogens is 1. The lowest BCUT2D eigenvalue weighted by molar-refractivity contribution is 0.0696. The Balaban J connectivity index is 2.51. The summed E-state index contributed by atoms with van der Waals surface area (Å²) in [6.45, 7) is 0. The molecule has 0 bridgehead atoms. The predicted octanol–water partition coefficient (Wildman–Crippen LogP) is 2.29. The molecule has 0 atom stereocenters. The topological polar surface area (TPSA) is 70.4 Å². The van der Waals surface area contributed by atoms with Crippen molar-refractivity contribution >= 4 is 5.97 Å². The molecule has 0 spiro atoms. The van der Waals surface area contributed by atoms with Gasteiger partial charge in [0.2, 0.25) is 0 Å². The molecule has 0 unspecified atom stereocenters. The van der Waals surface area contributed by atoms with Crippen LogP contribution in [0.1, 0.15) is 10.4 Å². The van der Waals surface area contributed by atoms with Crippen LogP contribution >= 0.6 is 0 Å². The Kier molecular flexibility index (Phi) is 2.74. The van der Waals surface area contributed by atoms with Gasteiger partial charge in [0.15, 0.2) is 0 Å². The van der Waals surface area contributed by atoms with Crippen molar-refractivity contribution in [1.29, 1.82) is 0 Å². The van der Waals surface area contributed by atoms with Crippen molar-refractivity contribution in [1.82, 2.24) is 4.98 Å². The van der Waals surface area contributed by atoms with E-state index in [0.717, 1.165) is 6.07 Å². The van der Waals surface area contributed by atoms with Crippen LogP contribution in [0.4, 0.5) is 4.39 Å². The Bertz CT molecular complexity index is 566. The van der Waals surface area contributed by atoms with E-state index in [2.05, 4.69) is 4.98 Å². The maximum Gasteiger partial charge on any atom is 0.335 e. The Hall–Kier alpha value is -2.43. The first-order valence-corrected chi connectivity index (χ1v) is 4.75. The summed E-state index contributed by atoms with van der Waals surface area (Å²) in [4.78, 5) is 14.6. The highest BCUT2D eigenvalue weighted by molar-refractivity contribution is 5.89. The standard InChI is InChI=1S/C12H8FNO3/c13-9-4-7(3-8(5-9)12(16)17)11-2-1-10(15)6-14-11/h1-6,15H,(H,16,17). The van der Waals surface area contributed by atoms with Gasteiger partial charge in [-0.1, -0.05) is 0 Å². The molecule has 2 rings (SSSR count). The van der Waals surface area contributed by atoms with Crippen molar-refractivity contribution in [3.8, 4) is 17.0 Å². The number of nitrogens with zero attached hydrogens (tertiary/aromatic N) is 1. The van der Waals surface area contributed by atoms with Crippen LogP contribution in [0.2, 0.25) is 0 Å². The fourth-order valence-electron chi connectivity index (χ4n) is 1.42. The maximum absolute atomic E-state index is 13.2. The van der Waals surface area contributed by atoms with Crippen LogP contribution in [-0.2, 0) is 0 Å². The molecule has 1 aromatic heterocycles. The summed E-state index contributed by atoms with van der Waals surface area (Å²) in [5.41, 5.74) is 0.599. The molecule has 0 aliphatic heterocycles. The second kappa shape index (κ2) is 4.21. The number of carboxylic acids is 1. The van der Waals surface area contributed by atoms with Crippen LogP contribution in [0.5, 0.6) is 5.75 Å². The van der Waals surface area contributed by atoms with Crippen molar-refractivity contribution in [2.24, 2.45) is 0 Å². The molecule has 0 amide bonds. The van der Waals surface area contributed by atoms with E-state index in [4.69, 9.17) is 10.2 Å². The van der Waals surface area contributed by atoms with E-state index in [1.54, 1.807) is 0 Å². The van der Waals surface area contributed by atoms with Gasteiger partial charge in [0.1, 0.15) is 11.6 Å². The second-order valence-corrected chi connectivity index (χ2v) is 3.44. The van der Waals surface area contributed by atoms with E-state index in [9.17, 15) is 9.18 Å². The third-order valence-corrected chi connectivity index (χ3v) is 2.19. The second-order valence-electron chi connectivity index (χ2n) is 3.44. The Labute approximate surface area is 96.0 Å². The summed E-state index contributed by atoms with van der Waals surface area (Å²) >= 11 is 0. The molecule has 1 aromatic carbocycles. The van der Waals surface area contributed by atoms with E-state index in [-0.39, 0.29) is 11.3 Å². The number of aromatic nitrogens is 1. The molecule has 0 saturated carbocycles. The third kappa shape index (κ3) is 2.39. The van der Waals surface area contributed by atoms with Crippen LogP contribution in [0.25, 0.3) is 11.3 Å². The molecule has 1 heterocycles. The summed E-state index contributed by atoms with van der Waals surface area (Å²) in [6.07, 6.45) is 1.21. The number of carbonyl (C=O) groups is 1. The van der Waals surface area contributed by atoms with Crippen molar-refractivity contribution in [2.75, 3.05) is 0 Å². The van der Waals surface area contributed by atoms with Gasteiger partial charge < -0.3 is 10.2 Å². The Morgan fingerprint density at radius 3 is 2.59 bits per heavy atom. The monoisotopic (exact) mass is 233 g/mol. The summed E-state index contributed by atoms with van der Waals surface area (Å²) < 4.78 is 13.2. The molecule has 4 nitrogen and oxygen atoms in total. The minimum absolute atomic E-state index is 0.0105. The van der Waals surface area contributed by atoms with E-state index >= 15 is 0 Å². The third-order valence-electron chi connectivity index (χ3n) is 2.19. The summed E-state index contributed by atoms with van der Waals surface area (Å²) in [5.74, 6) is -1.86. The first-order valence-electron chi connectivity index (χ1n) is 4.75. The van der Waals surface area contributed by atoms with E-state index in [1.807, 2.05) is 0 Å². The molecule has 2 aromatic rings. The molecule has 0 aliphatic rings. The van der Waals surface area contributed by atoms with Crippen LogP contribution < -0.4 is 0 Å². The van der Waals surface area contributed by atoms with Crippen LogP contribution in [0, 0.1) is 5.82 Å². The smallest absolute Gasteiger partial charge is 0.335 e. The molecular weight excluding hydrogens is 225 g/mol. The van der Waals surface area contributed by atoms with Gasteiger partial charge in [0, 0.05) is 5.56 Å². The maximum atomic E-state index is 13.2. The lowest BCUT2D eigenvalue weighted by Crippen LogP contribution is -1.98. The normalized spacial score (nSPS) is 10.2. The SMILES string of the molecule is O=C(O)c1cc(F)cc(-c2ccc(O)cn2)c1. The Morgan fingerprint density at radius 2 is 2.00 bits per heavy atom. The van der Waals surface area contributed by atoms with E-state index in [0.29, 0.717) is 11.3 Å². The van der Waals surface area contributed by atoms with Gasteiger partial charge in [-0.25, -0.2) is 9.18 Å². The van der Waals surface area contributed by atoms with Gasteiger partial charge in [-0.05, 0) is 30.3 Å². The molecule has 2 N–H and O–H groups in total. The highest BCUT2D eigenvalue weighted by Gasteiger charge is 2.09. The fourth-order valence-corrected chi connectivity index (χ4v) is 1.42. The number of pyridine rings is 1. The molecular formula is C12H8FNO3. The zero-order chi connectivity index (χ0) is 12.4.